The molecule has 0 saturated heterocycles. The summed E-state index contributed by atoms with van der Waals surface area (Å²) in [5.41, 5.74) is 4.46. The number of ether oxygens (including phenoxy) is 2. The van der Waals surface area contributed by atoms with Gasteiger partial charge in [-0.15, -0.1) is 0 Å². The van der Waals surface area contributed by atoms with Gasteiger partial charge in [0, 0.05) is 5.69 Å². The fourth-order valence-corrected chi connectivity index (χ4v) is 3.46. The Hall–Kier alpha value is -3.94. The third kappa shape index (κ3) is 5.65. The summed E-state index contributed by atoms with van der Waals surface area (Å²) in [7, 11) is 0. The highest BCUT2D eigenvalue weighted by Gasteiger charge is 2.21. The van der Waals surface area contributed by atoms with Crippen LogP contribution in [0.5, 0.6) is 5.75 Å². The number of aromatic nitrogens is 2. The molecule has 8 nitrogen and oxygen atoms in total. The van der Waals surface area contributed by atoms with Gasteiger partial charge in [-0.1, -0.05) is 35.4 Å². The van der Waals surface area contributed by atoms with E-state index in [4.69, 9.17) is 9.47 Å². The van der Waals surface area contributed by atoms with Crippen molar-refractivity contribution in [2.75, 3.05) is 18.5 Å². The topological polar surface area (TPSA) is 99.5 Å². The highest BCUT2D eigenvalue weighted by molar-refractivity contribution is 5.94. The maximum absolute atomic E-state index is 12.7. The van der Waals surface area contributed by atoms with Gasteiger partial charge in [0.2, 0.25) is 5.69 Å². The molecule has 3 rings (SSSR count). The van der Waals surface area contributed by atoms with Gasteiger partial charge in [-0.3, -0.25) is 9.59 Å². The lowest BCUT2D eigenvalue weighted by Crippen LogP contribution is -2.27. The minimum Gasteiger partial charge on any atom is -0.481 e. The van der Waals surface area contributed by atoms with Crippen LogP contribution < -0.4 is 15.6 Å². The summed E-state index contributed by atoms with van der Waals surface area (Å²) < 4.78 is 11.7. The molecule has 1 aromatic heterocycles. The quantitative estimate of drug-likeness (QED) is 0.553. The molecule has 0 unspecified atom stereocenters. The highest BCUT2D eigenvalue weighted by Crippen LogP contribution is 2.22. The second kappa shape index (κ2) is 10.1. The van der Waals surface area contributed by atoms with Crippen LogP contribution in [0.15, 0.2) is 47.3 Å². The van der Waals surface area contributed by atoms with Gasteiger partial charge in [0.1, 0.15) is 0 Å². The van der Waals surface area contributed by atoms with Gasteiger partial charge in [-0.25, -0.2) is 4.79 Å². The molecule has 33 heavy (non-hydrogen) atoms. The molecule has 0 aliphatic heterocycles. The first-order chi connectivity index (χ1) is 15.7. The summed E-state index contributed by atoms with van der Waals surface area (Å²) in [6.07, 6.45) is 0. The van der Waals surface area contributed by atoms with Crippen LogP contribution in [0.3, 0.4) is 0 Å². The fraction of sp³-hybridized carbons (Fsp3) is 0.280. The van der Waals surface area contributed by atoms with Gasteiger partial charge >= 0.3 is 5.97 Å². The van der Waals surface area contributed by atoms with E-state index in [1.165, 1.54) is 0 Å². The van der Waals surface area contributed by atoms with E-state index in [1.54, 1.807) is 19.1 Å². The molecule has 0 spiro atoms. The average Bonchev–Trinajstić information content (AvgIpc) is 2.75. The maximum Gasteiger partial charge on any atom is 0.362 e. The third-order valence-electron chi connectivity index (χ3n) is 4.94. The number of aryl methyl sites for hydroxylation is 4. The van der Waals surface area contributed by atoms with E-state index in [0.29, 0.717) is 11.4 Å². The van der Waals surface area contributed by atoms with Gasteiger partial charge in [0.15, 0.2) is 12.4 Å². The number of hydrogen-bond donors (Lipinski definition) is 1. The van der Waals surface area contributed by atoms with Gasteiger partial charge in [-0.2, -0.15) is 9.78 Å². The minimum absolute atomic E-state index is 0.116. The van der Waals surface area contributed by atoms with Crippen LogP contribution in [0.1, 0.15) is 39.7 Å². The van der Waals surface area contributed by atoms with E-state index >= 15 is 0 Å². The van der Waals surface area contributed by atoms with Crippen molar-refractivity contribution in [1.29, 1.82) is 0 Å². The number of carbonyl (C=O) groups is 2. The largest absolute Gasteiger partial charge is 0.481 e. The molecule has 0 saturated carbocycles. The Bertz CT molecular complexity index is 1220. The Morgan fingerprint density at radius 2 is 1.61 bits per heavy atom. The van der Waals surface area contributed by atoms with Crippen LogP contribution in [-0.4, -0.2) is 34.9 Å². The summed E-state index contributed by atoms with van der Waals surface area (Å²) in [4.78, 5) is 37.7. The molecule has 3 aromatic rings. The smallest absolute Gasteiger partial charge is 0.362 e. The van der Waals surface area contributed by atoms with Crippen molar-refractivity contribution in [2.24, 2.45) is 0 Å². The highest BCUT2D eigenvalue weighted by atomic mass is 16.5. The van der Waals surface area contributed by atoms with E-state index in [0.717, 1.165) is 33.0 Å². The third-order valence-corrected chi connectivity index (χ3v) is 4.94. The summed E-state index contributed by atoms with van der Waals surface area (Å²) in [5, 5.41) is 6.99. The number of carbonyl (C=O) groups excluding carboxylic acids is 2. The van der Waals surface area contributed by atoms with E-state index in [-0.39, 0.29) is 18.1 Å². The monoisotopic (exact) mass is 449 g/mol. The molecular formula is C25H27N3O5. The molecule has 0 bridgehead atoms. The van der Waals surface area contributed by atoms with Crippen LogP contribution in [0.2, 0.25) is 0 Å². The Balaban J connectivity index is 1.86. The van der Waals surface area contributed by atoms with Crippen LogP contribution in [0.4, 0.5) is 5.69 Å². The number of rotatable bonds is 7. The van der Waals surface area contributed by atoms with Gasteiger partial charge in [0.05, 0.1) is 18.4 Å². The standard InChI is InChI=1S/C25H27N3O5/c1-6-32-25(31)24-20(13-22(30)28(27-24)19-9-7-15(2)8-10-19)33-14-21(29)26-23-17(4)11-16(3)12-18(23)5/h7-13H,6,14H2,1-5H3,(H,26,29). The molecule has 2 aromatic carbocycles. The SMILES string of the molecule is CCOC(=O)c1nn(-c2ccc(C)cc2)c(=O)cc1OCC(=O)Nc1c(C)cc(C)cc1C. The van der Waals surface area contributed by atoms with E-state index in [9.17, 15) is 14.4 Å². The molecular weight excluding hydrogens is 422 g/mol. The van der Waals surface area contributed by atoms with Crippen LogP contribution >= 0.6 is 0 Å². The number of benzene rings is 2. The summed E-state index contributed by atoms with van der Waals surface area (Å²) in [6, 6.07) is 12.2. The zero-order valence-electron chi connectivity index (χ0n) is 19.4. The van der Waals surface area contributed by atoms with Gasteiger partial charge in [0.25, 0.3) is 11.5 Å². The average molecular weight is 450 g/mol. The van der Waals surface area contributed by atoms with Crippen molar-refractivity contribution in [3.63, 3.8) is 0 Å². The van der Waals surface area contributed by atoms with Crippen LogP contribution in [0.25, 0.3) is 5.69 Å². The van der Waals surface area contributed by atoms with Crippen molar-refractivity contribution >= 4 is 17.6 Å². The zero-order valence-corrected chi connectivity index (χ0v) is 19.4. The van der Waals surface area contributed by atoms with E-state index < -0.39 is 24.0 Å². The van der Waals surface area contributed by atoms with Gasteiger partial charge in [-0.05, 0) is 57.9 Å². The summed E-state index contributed by atoms with van der Waals surface area (Å²) in [6.45, 7) is 9.09. The Morgan fingerprint density at radius 3 is 2.21 bits per heavy atom. The number of nitrogens with one attached hydrogen (secondary N) is 1. The molecule has 0 atom stereocenters. The van der Waals surface area contributed by atoms with E-state index in [2.05, 4.69) is 10.4 Å². The van der Waals surface area contributed by atoms with Crippen LogP contribution in [0, 0.1) is 27.7 Å². The Morgan fingerprint density at radius 1 is 0.970 bits per heavy atom. The van der Waals surface area contributed by atoms with Crippen molar-refractivity contribution in [3.8, 4) is 11.4 Å². The number of amides is 1. The second-order valence-corrected chi connectivity index (χ2v) is 7.77. The van der Waals surface area contributed by atoms with Crippen molar-refractivity contribution in [2.45, 2.75) is 34.6 Å². The lowest BCUT2D eigenvalue weighted by atomic mass is 10.1. The fourth-order valence-electron chi connectivity index (χ4n) is 3.46. The number of esters is 1. The van der Waals surface area contributed by atoms with E-state index in [1.807, 2.05) is 52.0 Å². The molecule has 1 heterocycles. The lowest BCUT2D eigenvalue weighted by Gasteiger charge is -2.15. The van der Waals surface area contributed by atoms with Crippen molar-refractivity contribution in [1.82, 2.24) is 9.78 Å². The minimum atomic E-state index is -0.751. The first kappa shape index (κ1) is 23.7. The predicted molar refractivity (Wildman–Crippen MR) is 125 cm³/mol. The predicted octanol–water partition coefficient (Wildman–Crippen LogP) is 3.66. The molecule has 0 radical (unpaired) electrons. The van der Waals surface area contributed by atoms with Crippen molar-refractivity contribution < 1.29 is 19.1 Å². The summed E-state index contributed by atoms with van der Waals surface area (Å²) in [5.74, 6) is -1.30. The molecule has 8 heteroatoms. The first-order valence-electron chi connectivity index (χ1n) is 10.6. The zero-order chi connectivity index (χ0) is 24.1. The van der Waals surface area contributed by atoms with Crippen LogP contribution in [-0.2, 0) is 9.53 Å². The molecule has 0 aliphatic carbocycles. The first-order valence-corrected chi connectivity index (χ1v) is 10.6. The number of anilines is 1. The summed E-state index contributed by atoms with van der Waals surface area (Å²) >= 11 is 0. The molecule has 1 N–H and O–H groups in total. The molecule has 172 valence electrons. The van der Waals surface area contributed by atoms with Gasteiger partial charge < -0.3 is 14.8 Å². The molecule has 0 fully saturated rings. The maximum atomic E-state index is 12.7. The number of nitrogens with zero attached hydrogens (tertiary/aromatic N) is 2. The lowest BCUT2D eigenvalue weighted by molar-refractivity contribution is -0.118. The molecule has 1 amide bonds. The second-order valence-electron chi connectivity index (χ2n) is 7.77. The Labute approximate surface area is 192 Å². The van der Waals surface area contributed by atoms with Crippen molar-refractivity contribution in [3.05, 3.63) is 80.8 Å². The Kier molecular flexibility index (Phi) is 7.27. The number of hydrogen-bond acceptors (Lipinski definition) is 6. The normalized spacial score (nSPS) is 10.6. The molecule has 0 aliphatic rings.